The van der Waals surface area contributed by atoms with Crippen LogP contribution in [0.25, 0.3) is 22.2 Å². The van der Waals surface area contributed by atoms with Gasteiger partial charge < -0.3 is 9.15 Å². The first-order chi connectivity index (χ1) is 15.1. The lowest BCUT2D eigenvalue weighted by Crippen LogP contribution is -2.24. The number of carbonyl (C=O) groups excluding carboxylic acids is 2. The van der Waals surface area contributed by atoms with Gasteiger partial charge in [-0.1, -0.05) is 30.3 Å². The van der Waals surface area contributed by atoms with Crippen LogP contribution in [0.1, 0.15) is 16.7 Å². The summed E-state index contributed by atoms with van der Waals surface area (Å²) in [4.78, 5) is 34.1. The van der Waals surface area contributed by atoms with Crippen molar-refractivity contribution in [2.75, 3.05) is 7.05 Å². The molecule has 8 heteroatoms. The first-order valence-corrected chi connectivity index (χ1v) is 10.5. The van der Waals surface area contributed by atoms with Crippen molar-refractivity contribution < 1.29 is 18.7 Å². The number of benzene rings is 2. The summed E-state index contributed by atoms with van der Waals surface area (Å²) in [5.74, 6) is 0.887. The molecule has 0 spiro atoms. The number of fused-ring (bicyclic) bond motifs is 1. The summed E-state index contributed by atoms with van der Waals surface area (Å²) in [6.45, 7) is 0.193. The van der Waals surface area contributed by atoms with Gasteiger partial charge in [-0.3, -0.25) is 19.5 Å². The van der Waals surface area contributed by atoms with Gasteiger partial charge in [0.05, 0.1) is 5.52 Å². The number of oxazole rings is 1. The van der Waals surface area contributed by atoms with Crippen molar-refractivity contribution in [1.29, 1.82) is 0 Å². The number of hydrogen-bond acceptors (Lipinski definition) is 7. The molecule has 1 aliphatic rings. The lowest BCUT2D eigenvalue weighted by molar-refractivity contribution is -0.125. The van der Waals surface area contributed by atoms with Crippen LogP contribution in [0.5, 0.6) is 5.75 Å². The van der Waals surface area contributed by atoms with Gasteiger partial charge in [-0.15, -0.1) is 0 Å². The third kappa shape index (κ3) is 3.77. The minimum absolute atomic E-state index is 0.193. The van der Waals surface area contributed by atoms with E-state index in [0.717, 1.165) is 38.8 Å². The Bertz CT molecular complexity index is 1290. The van der Waals surface area contributed by atoms with Gasteiger partial charge >= 0.3 is 0 Å². The summed E-state index contributed by atoms with van der Waals surface area (Å²) in [6, 6.07) is 17.2. The summed E-state index contributed by atoms with van der Waals surface area (Å²) in [7, 11) is 1.49. The largest absolute Gasteiger partial charge is 0.484 e. The Morgan fingerprint density at radius 2 is 1.97 bits per heavy atom. The Hall–Kier alpha value is -3.65. The molecule has 4 aromatic rings. The van der Waals surface area contributed by atoms with E-state index in [1.54, 1.807) is 12.5 Å². The number of aromatic nitrogens is 2. The number of hydrogen-bond donors (Lipinski definition) is 0. The molecule has 0 N–H and O–H groups in total. The highest BCUT2D eigenvalue weighted by molar-refractivity contribution is 8.14. The predicted molar refractivity (Wildman–Crippen MR) is 117 cm³/mol. The fraction of sp³-hybridized carbons (Fsp3) is 0.130. The third-order valence-electron chi connectivity index (χ3n) is 5.01. The van der Waals surface area contributed by atoms with Crippen molar-refractivity contribution in [2.45, 2.75) is 11.9 Å². The zero-order chi connectivity index (χ0) is 21.4. The van der Waals surface area contributed by atoms with Crippen LogP contribution in [0.15, 0.2) is 71.5 Å². The number of amides is 2. The number of rotatable bonds is 5. The molecule has 1 atom stereocenters. The monoisotopic (exact) mass is 431 g/mol. The highest BCUT2D eigenvalue weighted by atomic mass is 32.2. The molecule has 1 aliphatic heterocycles. The van der Waals surface area contributed by atoms with E-state index in [1.807, 2.05) is 54.6 Å². The van der Waals surface area contributed by atoms with E-state index in [9.17, 15) is 9.59 Å². The van der Waals surface area contributed by atoms with Gasteiger partial charge in [-0.25, -0.2) is 4.98 Å². The van der Waals surface area contributed by atoms with Gasteiger partial charge in [0.25, 0.3) is 5.24 Å². The van der Waals surface area contributed by atoms with Crippen LogP contribution < -0.4 is 4.74 Å². The highest BCUT2D eigenvalue weighted by Gasteiger charge is 2.38. The van der Waals surface area contributed by atoms with Gasteiger partial charge in [-0.2, -0.15) is 0 Å². The van der Waals surface area contributed by atoms with Crippen LogP contribution >= 0.6 is 11.8 Å². The zero-order valence-electron chi connectivity index (χ0n) is 16.5. The van der Waals surface area contributed by atoms with E-state index in [-0.39, 0.29) is 17.8 Å². The van der Waals surface area contributed by atoms with Crippen LogP contribution in [0.4, 0.5) is 4.79 Å². The highest BCUT2D eigenvalue weighted by Crippen LogP contribution is 2.39. The van der Waals surface area contributed by atoms with E-state index in [0.29, 0.717) is 17.2 Å². The summed E-state index contributed by atoms with van der Waals surface area (Å²) >= 11 is 1.01. The maximum Gasteiger partial charge on any atom is 0.289 e. The van der Waals surface area contributed by atoms with Crippen molar-refractivity contribution in [3.8, 4) is 17.0 Å². The number of nitrogens with zero attached hydrogens (tertiary/aromatic N) is 3. The molecule has 1 saturated heterocycles. The number of ether oxygens (including phenoxy) is 1. The molecule has 0 bridgehead atoms. The van der Waals surface area contributed by atoms with Crippen molar-refractivity contribution in [1.82, 2.24) is 14.9 Å². The summed E-state index contributed by atoms with van der Waals surface area (Å²) < 4.78 is 11.3. The average Bonchev–Trinajstić information content (AvgIpc) is 3.38. The fourth-order valence-corrected chi connectivity index (χ4v) is 4.30. The maximum atomic E-state index is 12.2. The zero-order valence-corrected chi connectivity index (χ0v) is 17.3. The molecule has 154 valence electrons. The molecule has 2 amide bonds. The molecule has 0 aliphatic carbocycles. The van der Waals surface area contributed by atoms with Crippen LogP contribution in [-0.2, 0) is 11.4 Å². The minimum Gasteiger partial charge on any atom is -0.484 e. The second kappa shape index (κ2) is 7.88. The molecule has 0 radical (unpaired) electrons. The third-order valence-corrected chi connectivity index (χ3v) is 6.20. The molecular weight excluding hydrogens is 414 g/mol. The van der Waals surface area contributed by atoms with Crippen LogP contribution in [0, 0.1) is 0 Å². The van der Waals surface area contributed by atoms with Crippen molar-refractivity contribution in [3.63, 3.8) is 0 Å². The molecule has 31 heavy (non-hydrogen) atoms. The van der Waals surface area contributed by atoms with Crippen molar-refractivity contribution in [3.05, 3.63) is 78.5 Å². The topological polar surface area (TPSA) is 85.5 Å². The van der Waals surface area contributed by atoms with E-state index >= 15 is 0 Å². The second-order valence-corrected chi connectivity index (χ2v) is 8.12. The summed E-state index contributed by atoms with van der Waals surface area (Å²) in [5, 5.41) is 0.0673. The fourth-order valence-electron chi connectivity index (χ4n) is 3.32. The molecule has 7 nitrogen and oxygen atoms in total. The molecule has 1 unspecified atom stereocenters. The van der Waals surface area contributed by atoms with Gasteiger partial charge in [0, 0.05) is 30.3 Å². The van der Waals surface area contributed by atoms with Gasteiger partial charge in [0.2, 0.25) is 11.8 Å². The van der Waals surface area contributed by atoms with E-state index in [2.05, 4.69) is 9.97 Å². The summed E-state index contributed by atoms with van der Waals surface area (Å²) in [6.07, 6.45) is 3.25. The maximum absolute atomic E-state index is 12.2. The summed E-state index contributed by atoms with van der Waals surface area (Å²) in [5.41, 5.74) is 3.18. The average molecular weight is 431 g/mol. The Morgan fingerprint density at radius 3 is 2.74 bits per heavy atom. The smallest absolute Gasteiger partial charge is 0.289 e. The lowest BCUT2D eigenvalue weighted by Gasteiger charge is -2.09. The Kier molecular flexibility index (Phi) is 4.91. The van der Waals surface area contributed by atoms with Crippen LogP contribution in [0.2, 0.25) is 0 Å². The van der Waals surface area contributed by atoms with Gasteiger partial charge in [0.15, 0.2) is 6.61 Å². The lowest BCUT2D eigenvalue weighted by atomic mass is 10.1. The second-order valence-electron chi connectivity index (χ2n) is 7.07. The standard InChI is InChI=1S/C23H17N3O4S/c1-26-22(27)21(31-23(26)28)16-9-15-7-8-17(10-18(15)24-11-16)29-13-20-25-19(12-30-20)14-5-3-2-4-6-14/h2-12,21H,13H2,1H3. The van der Waals surface area contributed by atoms with Gasteiger partial charge in [0.1, 0.15) is 23.0 Å². The van der Waals surface area contributed by atoms with E-state index in [4.69, 9.17) is 9.15 Å². The Morgan fingerprint density at radius 1 is 1.13 bits per heavy atom. The quantitative estimate of drug-likeness (QED) is 0.447. The molecule has 3 heterocycles. The first kappa shape index (κ1) is 19.3. The van der Waals surface area contributed by atoms with Crippen molar-refractivity contribution in [2.24, 2.45) is 0 Å². The van der Waals surface area contributed by atoms with Gasteiger partial charge in [-0.05, 0) is 35.5 Å². The Labute approximate surface area is 182 Å². The van der Waals surface area contributed by atoms with Crippen molar-refractivity contribution >= 4 is 33.8 Å². The number of pyridine rings is 1. The SMILES string of the molecule is CN1C(=O)SC(c2cnc3cc(OCc4nc(-c5ccccc5)co4)ccc3c2)C1=O. The minimum atomic E-state index is -0.547. The Balaban J connectivity index is 1.30. The number of carbonyl (C=O) groups is 2. The van der Waals surface area contributed by atoms with Crippen LogP contribution in [0.3, 0.4) is 0 Å². The molecular formula is C23H17N3O4S. The number of thioether (sulfide) groups is 1. The van der Waals surface area contributed by atoms with Crippen LogP contribution in [-0.4, -0.2) is 33.1 Å². The molecule has 0 saturated carbocycles. The van der Waals surface area contributed by atoms with E-state index < -0.39 is 5.25 Å². The number of imide groups is 1. The van der Waals surface area contributed by atoms with E-state index in [1.165, 1.54) is 7.05 Å². The normalized spacial score (nSPS) is 16.3. The predicted octanol–water partition coefficient (Wildman–Crippen LogP) is 4.84. The molecule has 2 aromatic heterocycles. The first-order valence-electron chi connectivity index (χ1n) is 9.59. The molecule has 5 rings (SSSR count). The molecule has 2 aromatic carbocycles. The molecule has 1 fully saturated rings. The number of likely N-dealkylation sites (N-methyl/N-ethyl adjacent to an activating group) is 1.